The normalized spacial score (nSPS) is 10.7. The van der Waals surface area contributed by atoms with Gasteiger partial charge in [-0.15, -0.1) is 0 Å². The van der Waals surface area contributed by atoms with Crippen LogP contribution in [0, 0.1) is 13.8 Å². The molecular weight excluding hydrogens is 356 g/mol. The molecule has 0 spiro atoms. The molecule has 2 aromatic carbocycles. The minimum Gasteiger partial charge on any atom is -0.493 e. The van der Waals surface area contributed by atoms with Crippen LogP contribution in [0.2, 0.25) is 0 Å². The molecule has 5 nitrogen and oxygen atoms in total. The predicted octanol–water partition coefficient (Wildman–Crippen LogP) is 4.59. The van der Waals surface area contributed by atoms with Crippen molar-refractivity contribution in [2.24, 2.45) is 0 Å². The van der Waals surface area contributed by atoms with Crippen molar-refractivity contribution >= 4 is 11.9 Å². The minimum absolute atomic E-state index is 0.0284. The summed E-state index contributed by atoms with van der Waals surface area (Å²) in [5, 5.41) is 18.5. The average Bonchev–Trinajstić information content (AvgIpc) is 2.60. The third-order valence-corrected chi connectivity index (χ3v) is 4.68. The van der Waals surface area contributed by atoms with Crippen molar-refractivity contribution < 1.29 is 24.5 Å². The fourth-order valence-electron chi connectivity index (χ4n) is 3.38. The number of aliphatic carboxylic acids is 1. The maximum Gasteiger partial charge on any atom is 0.339 e. The van der Waals surface area contributed by atoms with Crippen LogP contribution >= 0.6 is 0 Å². The van der Waals surface area contributed by atoms with E-state index in [4.69, 9.17) is 9.84 Å². The lowest BCUT2D eigenvalue weighted by molar-refractivity contribution is -0.136. The van der Waals surface area contributed by atoms with Crippen molar-refractivity contribution in [1.82, 2.24) is 0 Å². The first kappa shape index (κ1) is 21.5. The molecule has 0 aliphatic carbocycles. The second kappa shape index (κ2) is 9.93. The number of benzene rings is 2. The highest BCUT2D eigenvalue weighted by molar-refractivity contribution is 5.92. The SMILES string of the molecule is CCCc1cc(C)cc(OCCCc2ccc(CC(=O)O)c(C)c2)c1C(=O)O. The number of ether oxygens (including phenoxy) is 1. The van der Waals surface area contributed by atoms with Gasteiger partial charge in [-0.1, -0.05) is 37.6 Å². The van der Waals surface area contributed by atoms with Gasteiger partial charge in [-0.3, -0.25) is 4.79 Å². The first-order valence-corrected chi connectivity index (χ1v) is 9.61. The molecule has 0 saturated heterocycles. The smallest absolute Gasteiger partial charge is 0.339 e. The second-order valence-corrected chi connectivity index (χ2v) is 7.14. The van der Waals surface area contributed by atoms with Crippen molar-refractivity contribution in [3.8, 4) is 5.75 Å². The van der Waals surface area contributed by atoms with E-state index < -0.39 is 11.9 Å². The summed E-state index contributed by atoms with van der Waals surface area (Å²) < 4.78 is 5.84. The quantitative estimate of drug-likeness (QED) is 0.585. The number of carboxylic acid groups (broad SMARTS) is 2. The first-order valence-electron chi connectivity index (χ1n) is 9.61. The van der Waals surface area contributed by atoms with Crippen molar-refractivity contribution in [2.45, 2.75) is 52.9 Å². The zero-order chi connectivity index (χ0) is 20.7. The van der Waals surface area contributed by atoms with E-state index in [0.29, 0.717) is 18.8 Å². The van der Waals surface area contributed by atoms with Gasteiger partial charge in [0, 0.05) is 0 Å². The molecule has 2 N–H and O–H groups in total. The van der Waals surface area contributed by atoms with Crippen LogP contribution < -0.4 is 4.74 Å². The summed E-state index contributed by atoms with van der Waals surface area (Å²) in [6.45, 7) is 6.31. The topological polar surface area (TPSA) is 83.8 Å². The van der Waals surface area contributed by atoms with Gasteiger partial charge in [-0.2, -0.15) is 0 Å². The van der Waals surface area contributed by atoms with Crippen LogP contribution in [0.5, 0.6) is 5.75 Å². The molecule has 0 fully saturated rings. The fourth-order valence-corrected chi connectivity index (χ4v) is 3.38. The summed E-state index contributed by atoms with van der Waals surface area (Å²) in [4.78, 5) is 22.6. The summed E-state index contributed by atoms with van der Waals surface area (Å²) in [6, 6.07) is 9.52. The summed E-state index contributed by atoms with van der Waals surface area (Å²) in [5.41, 5.74) is 4.98. The molecule has 2 aromatic rings. The van der Waals surface area contributed by atoms with Gasteiger partial charge < -0.3 is 14.9 Å². The van der Waals surface area contributed by atoms with Gasteiger partial charge in [0.25, 0.3) is 0 Å². The molecule has 0 unspecified atom stereocenters. The number of aromatic carboxylic acids is 1. The Kier molecular flexibility index (Phi) is 7.61. The highest BCUT2D eigenvalue weighted by Crippen LogP contribution is 2.26. The third-order valence-electron chi connectivity index (χ3n) is 4.68. The third kappa shape index (κ3) is 5.84. The number of aryl methyl sites for hydroxylation is 4. The van der Waals surface area contributed by atoms with Gasteiger partial charge in [0.1, 0.15) is 11.3 Å². The van der Waals surface area contributed by atoms with E-state index in [1.807, 2.05) is 45.0 Å². The maximum atomic E-state index is 11.7. The number of carboxylic acids is 2. The van der Waals surface area contributed by atoms with Gasteiger partial charge in [-0.05, 0) is 67.0 Å². The number of carbonyl (C=O) groups is 2. The van der Waals surface area contributed by atoms with Gasteiger partial charge in [0.2, 0.25) is 0 Å². The van der Waals surface area contributed by atoms with Crippen LogP contribution in [0.25, 0.3) is 0 Å². The van der Waals surface area contributed by atoms with E-state index in [9.17, 15) is 14.7 Å². The van der Waals surface area contributed by atoms with Gasteiger partial charge in [-0.25, -0.2) is 4.79 Å². The predicted molar refractivity (Wildman–Crippen MR) is 108 cm³/mol. The van der Waals surface area contributed by atoms with Gasteiger partial charge in [0.05, 0.1) is 13.0 Å². The average molecular weight is 384 g/mol. The second-order valence-electron chi connectivity index (χ2n) is 7.14. The van der Waals surface area contributed by atoms with Crippen molar-refractivity contribution in [3.05, 3.63) is 63.7 Å². The molecule has 2 rings (SSSR count). The lowest BCUT2D eigenvalue weighted by Crippen LogP contribution is -2.09. The Morgan fingerprint density at radius 2 is 1.75 bits per heavy atom. The monoisotopic (exact) mass is 384 g/mol. The molecule has 0 radical (unpaired) electrons. The van der Waals surface area contributed by atoms with Crippen molar-refractivity contribution in [2.75, 3.05) is 6.61 Å². The van der Waals surface area contributed by atoms with Crippen LogP contribution in [-0.2, 0) is 24.1 Å². The van der Waals surface area contributed by atoms with E-state index in [1.165, 1.54) is 0 Å². The molecular formula is C23H28O5. The van der Waals surface area contributed by atoms with Gasteiger partial charge in [0.15, 0.2) is 0 Å². The Balaban J connectivity index is 2.01. The number of rotatable bonds is 10. The molecule has 28 heavy (non-hydrogen) atoms. The lowest BCUT2D eigenvalue weighted by Gasteiger charge is -2.14. The molecule has 0 saturated carbocycles. The van der Waals surface area contributed by atoms with E-state index in [-0.39, 0.29) is 12.0 Å². The maximum absolute atomic E-state index is 11.7. The summed E-state index contributed by atoms with van der Waals surface area (Å²) in [7, 11) is 0. The summed E-state index contributed by atoms with van der Waals surface area (Å²) in [5.74, 6) is -1.36. The van der Waals surface area contributed by atoms with Crippen LogP contribution in [0.15, 0.2) is 30.3 Å². The fraction of sp³-hybridized carbons (Fsp3) is 0.391. The highest BCUT2D eigenvalue weighted by atomic mass is 16.5. The Hall–Kier alpha value is -2.82. The van der Waals surface area contributed by atoms with E-state index in [0.717, 1.165) is 47.1 Å². The zero-order valence-corrected chi connectivity index (χ0v) is 16.7. The van der Waals surface area contributed by atoms with Crippen LogP contribution in [-0.4, -0.2) is 28.8 Å². The molecule has 5 heteroatoms. The standard InChI is InChI=1S/C23H28O5/c1-4-6-19-11-15(2)12-20(22(19)23(26)27)28-10-5-7-17-8-9-18(14-21(24)25)16(3)13-17/h8-9,11-13H,4-7,10,14H2,1-3H3,(H,24,25)(H,26,27). The van der Waals surface area contributed by atoms with Crippen molar-refractivity contribution in [1.29, 1.82) is 0 Å². The molecule has 0 aromatic heterocycles. The van der Waals surface area contributed by atoms with Crippen LogP contribution in [0.1, 0.15) is 57.9 Å². The zero-order valence-electron chi connectivity index (χ0n) is 16.7. The first-order chi connectivity index (χ1) is 13.3. The Labute approximate surface area is 166 Å². The van der Waals surface area contributed by atoms with Gasteiger partial charge >= 0.3 is 11.9 Å². The molecule has 0 amide bonds. The van der Waals surface area contributed by atoms with E-state index in [2.05, 4.69) is 0 Å². The van der Waals surface area contributed by atoms with E-state index >= 15 is 0 Å². The molecule has 150 valence electrons. The summed E-state index contributed by atoms with van der Waals surface area (Å²) >= 11 is 0. The Morgan fingerprint density at radius 1 is 1.00 bits per heavy atom. The molecule has 0 heterocycles. The molecule has 0 bridgehead atoms. The number of hydrogen-bond acceptors (Lipinski definition) is 3. The minimum atomic E-state index is -0.955. The van der Waals surface area contributed by atoms with Crippen LogP contribution in [0.3, 0.4) is 0 Å². The Bertz CT molecular complexity index is 854. The Morgan fingerprint density at radius 3 is 2.36 bits per heavy atom. The van der Waals surface area contributed by atoms with Crippen molar-refractivity contribution in [3.63, 3.8) is 0 Å². The van der Waals surface area contributed by atoms with E-state index in [1.54, 1.807) is 6.07 Å². The molecule has 0 atom stereocenters. The van der Waals surface area contributed by atoms with Crippen LogP contribution in [0.4, 0.5) is 0 Å². The molecule has 0 aliphatic heterocycles. The largest absolute Gasteiger partial charge is 0.493 e. The highest BCUT2D eigenvalue weighted by Gasteiger charge is 2.17. The summed E-state index contributed by atoms with van der Waals surface area (Å²) in [6.07, 6.45) is 3.14. The molecule has 0 aliphatic rings. The lowest BCUT2D eigenvalue weighted by atomic mass is 9.99. The number of hydrogen-bond donors (Lipinski definition) is 2.